The van der Waals surface area contributed by atoms with Gasteiger partial charge in [-0.15, -0.1) is 0 Å². The number of hydrogen-bond donors (Lipinski definition) is 0. The summed E-state index contributed by atoms with van der Waals surface area (Å²) in [6.07, 6.45) is 0. The van der Waals surface area contributed by atoms with E-state index in [4.69, 9.17) is 4.74 Å². The van der Waals surface area contributed by atoms with Gasteiger partial charge in [0.2, 0.25) is 0 Å². The van der Waals surface area contributed by atoms with Gasteiger partial charge in [0, 0.05) is 0 Å². The van der Waals surface area contributed by atoms with Crippen LogP contribution >= 0.6 is 15.9 Å². The molecule has 0 unspecified atom stereocenters. The van der Waals surface area contributed by atoms with Crippen LogP contribution in [-0.4, -0.2) is 52.3 Å². The average Bonchev–Trinajstić information content (AvgIpc) is 2.67. The van der Waals surface area contributed by atoms with Gasteiger partial charge in [-0.25, -0.2) is 0 Å². The first-order valence-electron chi connectivity index (χ1n) is 6.25. The first-order valence-corrected chi connectivity index (χ1v) is 8.76. The molecular weight excluding hydrogens is 357 g/mol. The van der Waals surface area contributed by atoms with Crippen molar-refractivity contribution in [3.05, 3.63) is 33.2 Å². The molecule has 0 atom stereocenters. The third-order valence-electron chi connectivity index (χ3n) is 3.68. The number of fused-ring (bicyclic) bond motifs is 1. The van der Waals surface area contributed by atoms with Gasteiger partial charge in [-0.2, -0.15) is 0 Å². The van der Waals surface area contributed by atoms with Crippen LogP contribution in [0.3, 0.4) is 0 Å². The van der Waals surface area contributed by atoms with Crippen molar-refractivity contribution in [1.29, 1.82) is 0 Å². The number of ether oxygens (including phenoxy) is 1. The van der Waals surface area contributed by atoms with Gasteiger partial charge in [0.15, 0.2) is 0 Å². The Bertz CT molecular complexity index is 560. The van der Waals surface area contributed by atoms with Gasteiger partial charge in [-0.3, -0.25) is 0 Å². The predicted octanol–water partition coefficient (Wildman–Crippen LogP) is 2.64. The second kappa shape index (κ2) is 5.10. The molecule has 4 heteroatoms. The molecule has 0 bridgehead atoms. The van der Waals surface area contributed by atoms with E-state index in [-0.39, 0.29) is 0 Å². The minimum atomic E-state index is 0.495. The van der Waals surface area contributed by atoms with Gasteiger partial charge in [0.25, 0.3) is 0 Å². The fraction of sp³-hybridized carbons (Fsp3) is 0.429. The molecule has 2 nitrogen and oxygen atoms in total. The van der Waals surface area contributed by atoms with Crippen molar-refractivity contribution in [3.8, 4) is 0 Å². The first-order chi connectivity index (χ1) is 8.68. The van der Waals surface area contributed by atoms with E-state index >= 15 is 0 Å². The summed E-state index contributed by atoms with van der Waals surface area (Å²) in [4.78, 5) is 0. The quantitative estimate of drug-likeness (QED) is 0.580. The van der Waals surface area contributed by atoms with Crippen molar-refractivity contribution < 1.29 is 9.22 Å². The van der Waals surface area contributed by atoms with Crippen LogP contribution in [0.1, 0.15) is 4.44 Å². The van der Waals surface area contributed by atoms with Crippen LogP contribution in [0.4, 0.5) is 0 Å². The number of halogens is 1. The van der Waals surface area contributed by atoms with E-state index in [0.717, 1.165) is 30.8 Å². The molecule has 0 N–H and O–H groups in total. The Morgan fingerprint density at radius 3 is 2.72 bits per heavy atom. The van der Waals surface area contributed by atoms with Crippen molar-refractivity contribution in [2.45, 2.75) is 6.54 Å². The van der Waals surface area contributed by atoms with E-state index in [1.165, 1.54) is 20.7 Å². The second-order valence-electron chi connectivity index (χ2n) is 5.17. The number of hydrogen-bond acceptors (Lipinski definition) is 1. The molecule has 1 saturated heterocycles. The molecule has 1 fully saturated rings. The maximum absolute atomic E-state index is 5.48. The number of nitrogens with zero attached hydrogens (tertiary/aromatic N) is 1. The number of likely N-dealkylation sites (N-methyl/N-ethyl adjacent to an activating group) is 1. The third kappa shape index (κ3) is 2.45. The molecule has 0 spiro atoms. The third-order valence-corrected chi connectivity index (χ3v) is 7.60. The SMILES string of the molecule is C[N+]1(Cc2[se]c3ccccc3c2Br)CCOCC1. The van der Waals surface area contributed by atoms with Crippen LogP contribution in [0.25, 0.3) is 9.65 Å². The van der Waals surface area contributed by atoms with Crippen LogP contribution in [0.15, 0.2) is 28.7 Å². The summed E-state index contributed by atoms with van der Waals surface area (Å²) in [5.74, 6) is 0. The van der Waals surface area contributed by atoms with Crippen LogP contribution < -0.4 is 0 Å². The summed E-state index contributed by atoms with van der Waals surface area (Å²) in [6, 6.07) is 8.77. The molecule has 1 aliphatic rings. The number of rotatable bonds is 2. The summed E-state index contributed by atoms with van der Waals surface area (Å²) < 4.78 is 11.1. The molecule has 0 saturated carbocycles. The molecule has 2 aromatic rings. The van der Waals surface area contributed by atoms with Crippen molar-refractivity contribution >= 4 is 40.1 Å². The fourth-order valence-electron chi connectivity index (χ4n) is 2.45. The van der Waals surface area contributed by atoms with Crippen molar-refractivity contribution in [3.63, 3.8) is 0 Å². The van der Waals surface area contributed by atoms with Crippen molar-refractivity contribution in [2.75, 3.05) is 33.4 Å². The molecule has 0 radical (unpaired) electrons. The summed E-state index contributed by atoms with van der Waals surface area (Å²) in [5, 5.41) is 1.41. The van der Waals surface area contributed by atoms with Crippen LogP contribution in [0, 0.1) is 0 Å². The molecule has 0 aliphatic carbocycles. The average molecular weight is 374 g/mol. The van der Waals surface area contributed by atoms with Gasteiger partial charge in [-0.1, -0.05) is 0 Å². The Morgan fingerprint density at radius 1 is 1.28 bits per heavy atom. The van der Waals surface area contributed by atoms with Crippen molar-refractivity contribution in [1.82, 2.24) is 0 Å². The van der Waals surface area contributed by atoms with Gasteiger partial charge >= 0.3 is 122 Å². The molecule has 2 heterocycles. The van der Waals surface area contributed by atoms with E-state index in [1.807, 2.05) is 0 Å². The van der Waals surface area contributed by atoms with Crippen LogP contribution in [-0.2, 0) is 11.3 Å². The van der Waals surface area contributed by atoms with E-state index < -0.39 is 0 Å². The normalized spacial score (nSPS) is 19.2. The van der Waals surface area contributed by atoms with Crippen LogP contribution in [0.5, 0.6) is 0 Å². The van der Waals surface area contributed by atoms with Gasteiger partial charge in [0.1, 0.15) is 0 Å². The summed E-state index contributed by atoms with van der Waals surface area (Å²) in [6.45, 7) is 5.24. The van der Waals surface area contributed by atoms with E-state index in [0.29, 0.717) is 14.5 Å². The Labute approximate surface area is 122 Å². The Kier molecular flexibility index (Phi) is 3.65. The molecule has 96 valence electrons. The molecule has 1 aromatic carbocycles. The van der Waals surface area contributed by atoms with Crippen LogP contribution in [0.2, 0.25) is 0 Å². The minimum absolute atomic E-state index is 0.495. The maximum atomic E-state index is 5.48. The summed E-state index contributed by atoms with van der Waals surface area (Å²) in [7, 11) is 2.36. The monoisotopic (exact) mass is 374 g/mol. The number of benzene rings is 1. The number of quaternary nitrogens is 1. The van der Waals surface area contributed by atoms with Gasteiger partial charge in [0.05, 0.1) is 0 Å². The molecule has 18 heavy (non-hydrogen) atoms. The second-order valence-corrected chi connectivity index (χ2v) is 8.35. The van der Waals surface area contributed by atoms with E-state index in [1.54, 1.807) is 4.44 Å². The fourth-order valence-corrected chi connectivity index (χ4v) is 6.30. The summed E-state index contributed by atoms with van der Waals surface area (Å²) in [5.41, 5.74) is 0. The molecule has 1 aromatic heterocycles. The van der Waals surface area contributed by atoms with E-state index in [2.05, 4.69) is 47.2 Å². The first kappa shape index (κ1) is 12.9. The standard InChI is InChI=1S/C14H17BrNOSe/c1-16(6-8-17-9-7-16)10-13-14(15)11-4-2-3-5-12(11)18-13/h2-5H,6-10H2,1H3/q+1. The topological polar surface area (TPSA) is 9.23 Å². The Hall–Kier alpha value is -0.121. The Balaban J connectivity index is 1.92. The summed E-state index contributed by atoms with van der Waals surface area (Å²) >= 11 is 4.30. The molecule has 1 aliphatic heterocycles. The van der Waals surface area contributed by atoms with Gasteiger partial charge in [-0.05, 0) is 0 Å². The molecule has 0 amide bonds. The Morgan fingerprint density at radius 2 is 2.00 bits per heavy atom. The predicted molar refractivity (Wildman–Crippen MR) is 79.0 cm³/mol. The van der Waals surface area contributed by atoms with E-state index in [9.17, 15) is 0 Å². The zero-order chi connectivity index (χ0) is 12.6. The number of morpholine rings is 1. The zero-order valence-corrected chi connectivity index (χ0v) is 13.8. The zero-order valence-electron chi connectivity index (χ0n) is 10.5. The molecular formula is C14H17BrNOSe+. The van der Waals surface area contributed by atoms with Crippen molar-refractivity contribution in [2.24, 2.45) is 0 Å². The molecule has 3 rings (SSSR count). The van der Waals surface area contributed by atoms with Gasteiger partial charge < -0.3 is 0 Å².